The van der Waals surface area contributed by atoms with Gasteiger partial charge in [0.25, 0.3) is 0 Å². The third-order valence-electron chi connectivity index (χ3n) is 2.78. The Hall–Kier alpha value is -1.02. The van der Waals surface area contributed by atoms with E-state index in [1.54, 1.807) is 0 Å². The molecule has 0 amide bonds. The number of hydrogen-bond acceptors (Lipinski definition) is 2. The molecule has 0 aromatic heterocycles. The molecule has 2 nitrogen and oxygen atoms in total. The van der Waals surface area contributed by atoms with Crippen LogP contribution >= 0.6 is 11.6 Å². The standard InChI is InChI=1S/C11H12ClNO/c1-7(13-14)10-6-11(10)8-2-4-9(12)5-3-8/h2-5,10-11,14H,6H2,1H3/b13-7-/t10-,11-/m1/s1. The van der Waals surface area contributed by atoms with Crippen molar-refractivity contribution >= 4 is 17.3 Å². The van der Waals surface area contributed by atoms with E-state index in [-0.39, 0.29) is 0 Å². The van der Waals surface area contributed by atoms with Gasteiger partial charge in [0.15, 0.2) is 0 Å². The summed E-state index contributed by atoms with van der Waals surface area (Å²) >= 11 is 5.80. The molecule has 3 heteroatoms. The first-order valence-corrected chi connectivity index (χ1v) is 5.04. The molecule has 1 fully saturated rings. The molecule has 0 saturated heterocycles. The molecule has 1 N–H and O–H groups in total. The number of benzene rings is 1. The Bertz CT molecular complexity index is 358. The summed E-state index contributed by atoms with van der Waals surface area (Å²) in [6, 6.07) is 7.88. The fraction of sp³-hybridized carbons (Fsp3) is 0.364. The van der Waals surface area contributed by atoms with E-state index in [1.807, 2.05) is 31.2 Å². The maximum absolute atomic E-state index is 8.62. The molecule has 2 atom stereocenters. The zero-order valence-electron chi connectivity index (χ0n) is 7.94. The predicted octanol–water partition coefficient (Wildman–Crippen LogP) is 3.29. The van der Waals surface area contributed by atoms with Gasteiger partial charge in [-0.3, -0.25) is 0 Å². The monoisotopic (exact) mass is 209 g/mol. The predicted molar refractivity (Wildman–Crippen MR) is 57.2 cm³/mol. The quantitative estimate of drug-likeness (QED) is 0.453. The van der Waals surface area contributed by atoms with Crippen LogP contribution in [0.15, 0.2) is 29.4 Å². The molecule has 1 aliphatic rings. The minimum Gasteiger partial charge on any atom is -0.411 e. The number of rotatable bonds is 2. The third-order valence-corrected chi connectivity index (χ3v) is 3.03. The summed E-state index contributed by atoms with van der Waals surface area (Å²) in [5.41, 5.74) is 2.10. The zero-order chi connectivity index (χ0) is 10.1. The minimum atomic E-state index is 0.418. The summed E-state index contributed by atoms with van der Waals surface area (Å²) in [5.74, 6) is 0.935. The molecule has 1 aromatic rings. The Kier molecular flexibility index (Phi) is 2.46. The maximum Gasteiger partial charge on any atom is 0.0577 e. The normalized spacial score (nSPS) is 26.3. The summed E-state index contributed by atoms with van der Waals surface area (Å²) < 4.78 is 0. The van der Waals surface area contributed by atoms with Gasteiger partial charge in [-0.15, -0.1) is 0 Å². The molecule has 1 aliphatic carbocycles. The van der Waals surface area contributed by atoms with Crippen LogP contribution in [0.1, 0.15) is 24.8 Å². The summed E-state index contributed by atoms with van der Waals surface area (Å²) in [6.45, 7) is 1.86. The highest BCUT2D eigenvalue weighted by atomic mass is 35.5. The first kappa shape index (κ1) is 9.53. The van der Waals surface area contributed by atoms with E-state index < -0.39 is 0 Å². The van der Waals surface area contributed by atoms with Crippen LogP contribution in [0, 0.1) is 5.92 Å². The molecule has 0 aliphatic heterocycles. The van der Waals surface area contributed by atoms with Gasteiger partial charge in [-0.25, -0.2) is 0 Å². The van der Waals surface area contributed by atoms with Gasteiger partial charge in [0.1, 0.15) is 0 Å². The molecule has 0 bridgehead atoms. The van der Waals surface area contributed by atoms with Crippen LogP contribution < -0.4 is 0 Å². The molecule has 74 valence electrons. The summed E-state index contributed by atoms with van der Waals surface area (Å²) in [7, 11) is 0. The molecule has 0 spiro atoms. The molecule has 14 heavy (non-hydrogen) atoms. The SMILES string of the molecule is C/C(=N/O)[C@H]1C[C@@H]1c1ccc(Cl)cc1. The average Bonchev–Trinajstić information content (AvgIpc) is 2.98. The van der Waals surface area contributed by atoms with E-state index in [4.69, 9.17) is 16.8 Å². The lowest BCUT2D eigenvalue weighted by Crippen LogP contribution is -1.95. The van der Waals surface area contributed by atoms with E-state index in [0.717, 1.165) is 17.2 Å². The fourth-order valence-corrected chi connectivity index (χ4v) is 1.94. The Morgan fingerprint density at radius 1 is 1.43 bits per heavy atom. The van der Waals surface area contributed by atoms with Gasteiger partial charge >= 0.3 is 0 Å². The first-order chi connectivity index (χ1) is 6.72. The van der Waals surface area contributed by atoms with Crippen molar-refractivity contribution < 1.29 is 5.21 Å². The van der Waals surface area contributed by atoms with Crippen molar-refractivity contribution in [1.29, 1.82) is 0 Å². The molecule has 0 unspecified atom stereocenters. The number of oxime groups is 1. The lowest BCUT2D eigenvalue weighted by atomic mass is 10.1. The molecule has 0 heterocycles. The molecule has 2 rings (SSSR count). The highest BCUT2D eigenvalue weighted by Gasteiger charge is 2.40. The van der Waals surface area contributed by atoms with Gasteiger partial charge in [0.05, 0.1) is 5.71 Å². The van der Waals surface area contributed by atoms with Gasteiger partial charge in [0.2, 0.25) is 0 Å². The van der Waals surface area contributed by atoms with Crippen molar-refractivity contribution in [2.45, 2.75) is 19.3 Å². The van der Waals surface area contributed by atoms with Crippen LogP contribution in [0.2, 0.25) is 5.02 Å². The van der Waals surface area contributed by atoms with Gasteiger partial charge < -0.3 is 5.21 Å². The van der Waals surface area contributed by atoms with Crippen molar-refractivity contribution in [3.8, 4) is 0 Å². The van der Waals surface area contributed by atoms with Gasteiger partial charge in [-0.05, 0) is 37.0 Å². The highest BCUT2D eigenvalue weighted by Crippen LogP contribution is 2.48. The fourth-order valence-electron chi connectivity index (χ4n) is 1.81. The molecular formula is C11H12ClNO. The number of hydrogen-bond donors (Lipinski definition) is 1. The van der Waals surface area contributed by atoms with E-state index in [2.05, 4.69) is 5.16 Å². The minimum absolute atomic E-state index is 0.418. The first-order valence-electron chi connectivity index (χ1n) is 4.66. The van der Waals surface area contributed by atoms with E-state index in [9.17, 15) is 0 Å². The summed E-state index contributed by atoms with van der Waals surface area (Å²) in [5, 5.41) is 12.6. The second-order valence-corrected chi connectivity index (χ2v) is 4.18. The molecule has 0 radical (unpaired) electrons. The zero-order valence-corrected chi connectivity index (χ0v) is 8.70. The van der Waals surface area contributed by atoms with E-state index >= 15 is 0 Å². The maximum atomic E-state index is 8.62. The van der Waals surface area contributed by atoms with E-state index in [0.29, 0.717) is 11.8 Å². The van der Waals surface area contributed by atoms with Crippen molar-refractivity contribution in [3.63, 3.8) is 0 Å². The summed E-state index contributed by atoms with van der Waals surface area (Å²) in [4.78, 5) is 0. The molecule has 1 saturated carbocycles. The molecular weight excluding hydrogens is 198 g/mol. The number of halogens is 1. The van der Waals surface area contributed by atoms with Crippen LogP contribution in [0.25, 0.3) is 0 Å². The lowest BCUT2D eigenvalue weighted by molar-refractivity contribution is 0.316. The lowest BCUT2D eigenvalue weighted by Gasteiger charge is -1.99. The van der Waals surface area contributed by atoms with Crippen LogP contribution in [0.4, 0.5) is 0 Å². The largest absolute Gasteiger partial charge is 0.411 e. The number of nitrogens with zero attached hydrogens (tertiary/aromatic N) is 1. The Labute approximate surface area is 88.2 Å². The van der Waals surface area contributed by atoms with Crippen molar-refractivity contribution in [2.75, 3.05) is 0 Å². The van der Waals surface area contributed by atoms with Crippen LogP contribution in [0.5, 0.6) is 0 Å². The third kappa shape index (κ3) is 1.75. The highest BCUT2D eigenvalue weighted by molar-refractivity contribution is 6.30. The van der Waals surface area contributed by atoms with Gasteiger partial charge in [-0.2, -0.15) is 0 Å². The van der Waals surface area contributed by atoms with Gasteiger partial charge in [-0.1, -0.05) is 28.9 Å². The van der Waals surface area contributed by atoms with Crippen molar-refractivity contribution in [1.82, 2.24) is 0 Å². The smallest absolute Gasteiger partial charge is 0.0577 e. The Balaban J connectivity index is 2.10. The average molecular weight is 210 g/mol. The van der Waals surface area contributed by atoms with Crippen LogP contribution in [0.3, 0.4) is 0 Å². The Morgan fingerprint density at radius 3 is 2.64 bits per heavy atom. The van der Waals surface area contributed by atoms with E-state index in [1.165, 1.54) is 5.56 Å². The second kappa shape index (κ2) is 3.62. The Morgan fingerprint density at radius 2 is 2.07 bits per heavy atom. The summed E-state index contributed by atoms with van der Waals surface area (Å²) in [6.07, 6.45) is 1.08. The topological polar surface area (TPSA) is 32.6 Å². The van der Waals surface area contributed by atoms with Crippen molar-refractivity contribution in [2.24, 2.45) is 11.1 Å². The van der Waals surface area contributed by atoms with Crippen molar-refractivity contribution in [3.05, 3.63) is 34.9 Å². The van der Waals surface area contributed by atoms with Gasteiger partial charge in [0, 0.05) is 10.9 Å². The second-order valence-electron chi connectivity index (χ2n) is 3.74. The van der Waals surface area contributed by atoms with Crippen LogP contribution in [-0.4, -0.2) is 10.9 Å². The molecule has 1 aromatic carbocycles. The van der Waals surface area contributed by atoms with Crippen LogP contribution in [-0.2, 0) is 0 Å².